The molecule has 1 aromatic rings. The Balaban J connectivity index is 2.30. The number of allylic oxidation sites excluding steroid dienone is 2. The molecule has 1 nitrogen and oxygen atoms in total. The van der Waals surface area contributed by atoms with Crippen LogP contribution in [0.3, 0.4) is 0 Å². The van der Waals surface area contributed by atoms with Gasteiger partial charge >= 0.3 is 0 Å². The van der Waals surface area contributed by atoms with Gasteiger partial charge in [-0.3, -0.25) is 0 Å². The first kappa shape index (κ1) is 12.1. The summed E-state index contributed by atoms with van der Waals surface area (Å²) in [5, 5.41) is 8.28. The van der Waals surface area contributed by atoms with Gasteiger partial charge in [0.2, 0.25) is 0 Å². The summed E-state index contributed by atoms with van der Waals surface area (Å²) in [4.78, 5) is 0. The van der Waals surface area contributed by atoms with Gasteiger partial charge < -0.3 is 0 Å². The second-order valence-corrected chi connectivity index (χ2v) is 3.59. The average molecular weight is 209 g/mol. The molecule has 0 aliphatic heterocycles. The summed E-state index contributed by atoms with van der Waals surface area (Å²) >= 11 is 0. The zero-order valence-corrected chi connectivity index (χ0v) is 9.53. The van der Waals surface area contributed by atoms with Gasteiger partial charge in [-0.05, 0) is 31.9 Å². The maximum Gasteiger partial charge on any atom is 0.0908 e. The molecule has 1 heteroatoms. The molecule has 16 heavy (non-hydrogen) atoms. The molecule has 0 radical (unpaired) electrons. The van der Waals surface area contributed by atoms with E-state index in [2.05, 4.69) is 30.9 Å². The fourth-order valence-corrected chi connectivity index (χ4v) is 1.25. The number of hydrogen-bond donors (Lipinski definition) is 0. The summed E-state index contributed by atoms with van der Waals surface area (Å²) in [6, 6.07) is 10.2. The summed E-state index contributed by atoms with van der Waals surface area (Å²) in [5.74, 6) is 6.25. The highest BCUT2D eigenvalue weighted by atomic mass is 14.2. The molecular weight excluding hydrogens is 194 g/mol. The van der Waals surface area contributed by atoms with Gasteiger partial charge in [0, 0.05) is 18.1 Å². The molecule has 0 spiro atoms. The van der Waals surface area contributed by atoms with E-state index in [0.29, 0.717) is 0 Å². The van der Waals surface area contributed by atoms with Crippen molar-refractivity contribution in [3.8, 4) is 17.9 Å². The quantitative estimate of drug-likeness (QED) is 0.424. The van der Waals surface area contributed by atoms with Crippen LogP contribution >= 0.6 is 0 Å². The van der Waals surface area contributed by atoms with Crippen LogP contribution in [-0.4, -0.2) is 0 Å². The predicted octanol–water partition coefficient (Wildman–Crippen LogP) is 3.60. The van der Waals surface area contributed by atoms with Crippen molar-refractivity contribution in [3.05, 3.63) is 47.5 Å². The number of hydrogen-bond acceptors (Lipinski definition) is 1. The Bertz CT molecular complexity index is 435. The van der Waals surface area contributed by atoms with Crippen LogP contribution in [0.5, 0.6) is 0 Å². The van der Waals surface area contributed by atoms with Crippen molar-refractivity contribution in [2.24, 2.45) is 0 Å². The predicted molar refractivity (Wildman–Crippen MR) is 66.7 cm³/mol. The molecule has 0 aliphatic rings. The van der Waals surface area contributed by atoms with Crippen LogP contribution in [0.25, 0.3) is 0 Å². The molecule has 0 atom stereocenters. The van der Waals surface area contributed by atoms with Crippen molar-refractivity contribution in [3.63, 3.8) is 0 Å². The first-order valence-corrected chi connectivity index (χ1v) is 5.43. The van der Waals surface area contributed by atoms with Gasteiger partial charge in [-0.25, -0.2) is 0 Å². The smallest absolute Gasteiger partial charge is 0.0908 e. The number of nitrogens with zero attached hydrogens (tertiary/aromatic N) is 1. The van der Waals surface area contributed by atoms with E-state index in [1.165, 1.54) is 11.6 Å². The van der Waals surface area contributed by atoms with Gasteiger partial charge in [-0.1, -0.05) is 35.6 Å². The molecule has 0 N–H and O–H groups in total. The summed E-state index contributed by atoms with van der Waals surface area (Å²) in [5.41, 5.74) is 2.32. The topological polar surface area (TPSA) is 23.8 Å². The van der Waals surface area contributed by atoms with Crippen molar-refractivity contribution in [1.82, 2.24) is 0 Å². The van der Waals surface area contributed by atoms with Gasteiger partial charge in [-0.15, -0.1) is 0 Å². The maximum absolute atomic E-state index is 8.28. The maximum atomic E-state index is 8.28. The molecule has 1 aromatic carbocycles. The van der Waals surface area contributed by atoms with Crippen LogP contribution in [0, 0.1) is 30.1 Å². The van der Waals surface area contributed by atoms with Gasteiger partial charge in [0.05, 0.1) is 6.07 Å². The van der Waals surface area contributed by atoms with Crippen LogP contribution in [0.1, 0.15) is 30.4 Å². The molecule has 0 aliphatic carbocycles. The highest BCUT2D eigenvalue weighted by Gasteiger charge is 1.85. The number of benzene rings is 1. The Hall–Kier alpha value is -1.99. The Morgan fingerprint density at radius 1 is 1.25 bits per heavy atom. The van der Waals surface area contributed by atoms with Crippen molar-refractivity contribution >= 4 is 0 Å². The summed E-state index contributed by atoms with van der Waals surface area (Å²) < 4.78 is 0. The van der Waals surface area contributed by atoms with Crippen LogP contribution in [0.4, 0.5) is 0 Å². The highest BCUT2D eigenvalue weighted by Crippen LogP contribution is 2.01. The zero-order valence-electron chi connectivity index (χ0n) is 9.53. The second kappa shape index (κ2) is 7.32. The van der Waals surface area contributed by atoms with E-state index in [1.54, 1.807) is 0 Å². The number of nitriles is 1. The minimum absolute atomic E-state index is 0.879. The van der Waals surface area contributed by atoms with Gasteiger partial charge in [0.25, 0.3) is 0 Å². The van der Waals surface area contributed by atoms with E-state index < -0.39 is 0 Å². The Labute approximate surface area is 97.4 Å². The molecule has 0 heterocycles. The van der Waals surface area contributed by atoms with E-state index in [4.69, 9.17) is 5.26 Å². The molecule has 80 valence electrons. The van der Waals surface area contributed by atoms with Crippen molar-refractivity contribution < 1.29 is 0 Å². The molecule has 0 saturated carbocycles. The molecule has 0 fully saturated rings. The van der Waals surface area contributed by atoms with Crippen LogP contribution in [0.2, 0.25) is 0 Å². The van der Waals surface area contributed by atoms with Gasteiger partial charge in [0.15, 0.2) is 0 Å². The minimum Gasteiger partial charge on any atom is -0.193 e. The SMILES string of the molecule is Cc1ccc(C#CCCC/C=C/C#N)cc1. The van der Waals surface area contributed by atoms with Crippen molar-refractivity contribution in [1.29, 1.82) is 5.26 Å². The lowest BCUT2D eigenvalue weighted by Gasteiger charge is -1.91. The van der Waals surface area contributed by atoms with E-state index >= 15 is 0 Å². The Morgan fingerprint density at radius 3 is 2.69 bits per heavy atom. The number of aryl methyl sites for hydroxylation is 1. The van der Waals surface area contributed by atoms with E-state index in [-0.39, 0.29) is 0 Å². The normalized spacial score (nSPS) is 9.50. The zero-order chi connectivity index (χ0) is 11.6. The van der Waals surface area contributed by atoms with Gasteiger partial charge in [-0.2, -0.15) is 5.26 Å². The average Bonchev–Trinajstić information content (AvgIpc) is 2.30. The molecular formula is C15H15N. The molecule has 0 aromatic heterocycles. The molecule has 0 bridgehead atoms. The number of rotatable bonds is 3. The lowest BCUT2D eigenvalue weighted by atomic mass is 10.1. The first-order chi connectivity index (χ1) is 7.83. The molecule has 0 amide bonds. The largest absolute Gasteiger partial charge is 0.193 e. The fourth-order valence-electron chi connectivity index (χ4n) is 1.25. The summed E-state index contributed by atoms with van der Waals surface area (Å²) in [6.07, 6.45) is 6.22. The van der Waals surface area contributed by atoms with E-state index in [9.17, 15) is 0 Å². The Kier molecular flexibility index (Phi) is 5.53. The first-order valence-electron chi connectivity index (χ1n) is 5.43. The standard InChI is InChI=1S/C15H15N/c1-14-9-11-15(12-10-14)8-6-4-2-3-5-7-13-16/h5,7,9-12H,2-4H2,1H3/b7-5+. The second-order valence-electron chi connectivity index (χ2n) is 3.59. The summed E-state index contributed by atoms with van der Waals surface area (Å²) in [7, 11) is 0. The fraction of sp³-hybridized carbons (Fsp3) is 0.267. The lowest BCUT2D eigenvalue weighted by Crippen LogP contribution is -1.75. The summed E-state index contributed by atoms with van der Waals surface area (Å²) in [6.45, 7) is 2.07. The highest BCUT2D eigenvalue weighted by molar-refractivity contribution is 5.35. The lowest BCUT2D eigenvalue weighted by molar-refractivity contribution is 0.885. The third-order valence-corrected chi connectivity index (χ3v) is 2.15. The third-order valence-electron chi connectivity index (χ3n) is 2.15. The Morgan fingerprint density at radius 2 is 2.00 bits per heavy atom. The third kappa shape index (κ3) is 5.03. The monoisotopic (exact) mass is 209 g/mol. The van der Waals surface area contributed by atoms with Crippen molar-refractivity contribution in [2.45, 2.75) is 26.2 Å². The molecule has 0 unspecified atom stereocenters. The van der Waals surface area contributed by atoms with Crippen molar-refractivity contribution in [2.75, 3.05) is 0 Å². The van der Waals surface area contributed by atoms with Crippen LogP contribution < -0.4 is 0 Å². The minimum atomic E-state index is 0.879. The number of unbranched alkanes of at least 4 members (excludes halogenated alkanes) is 2. The molecule has 0 saturated heterocycles. The molecule has 1 rings (SSSR count). The van der Waals surface area contributed by atoms with Gasteiger partial charge in [0.1, 0.15) is 0 Å². The van der Waals surface area contributed by atoms with Crippen LogP contribution in [-0.2, 0) is 0 Å². The van der Waals surface area contributed by atoms with E-state index in [0.717, 1.165) is 24.8 Å². The van der Waals surface area contributed by atoms with Crippen LogP contribution in [0.15, 0.2) is 36.4 Å². The van der Waals surface area contributed by atoms with E-state index in [1.807, 2.05) is 24.3 Å².